The highest BCUT2D eigenvalue weighted by Gasteiger charge is 2.48. The summed E-state index contributed by atoms with van der Waals surface area (Å²) < 4.78 is 56.3. The normalized spacial score (nSPS) is 25.9. The average Bonchev–Trinajstić information content (AvgIpc) is 4.08. The highest BCUT2D eigenvalue weighted by molar-refractivity contribution is 5.16. The lowest BCUT2D eigenvalue weighted by Gasteiger charge is -2.25. The Bertz CT molecular complexity index is 2030. The van der Waals surface area contributed by atoms with E-state index >= 15 is 0 Å². The molecule has 0 N–H and O–H groups in total. The molecule has 6 aromatic rings. The Balaban J connectivity index is 0.965. The number of rotatable bonds is 12. The first-order valence-electron chi connectivity index (χ1n) is 20.6. The summed E-state index contributed by atoms with van der Waals surface area (Å²) in [4.78, 5) is 0. The van der Waals surface area contributed by atoms with Gasteiger partial charge in [0, 0.05) is 0 Å². The Morgan fingerprint density at radius 3 is 1.10 bits per heavy atom. The maximum atomic E-state index is 6.81. The van der Waals surface area contributed by atoms with Gasteiger partial charge in [-0.3, -0.25) is 0 Å². The molecule has 312 valence electrons. The highest BCUT2D eigenvalue weighted by Crippen LogP contribution is 2.32. The minimum Gasteiger partial charge on any atom is -0.372 e. The molecule has 0 radical (unpaired) electrons. The van der Waals surface area contributed by atoms with Gasteiger partial charge in [-0.1, -0.05) is 132 Å². The predicted molar refractivity (Wildman–Crippen MR) is 217 cm³/mol. The summed E-state index contributed by atoms with van der Waals surface area (Å²) in [6.45, 7) is 3.25. The molecular formula is C46H50N6O8. The standard InChI is InChI=1S/C46H50N6O8/c1-5-13-33(14-6-1)25-55-43-39-23-51-21-37(47-49-51)29-53-31-41-45(57-27-35-17-9-3-10-18-35)46(58-28-36-19-11-4-12-20-36)42(60-41)32-54-30-38-22-52(50-48-38)24-40(59-39)44(43)56-26-34-15-7-2-8-16-34/h1-22,39-46H,23-32H2/t39-,40-,41-,42-,43-,44-,45-,46-/m0/s1. The molecule has 0 saturated carbocycles. The van der Waals surface area contributed by atoms with Gasteiger partial charge in [0.15, 0.2) is 0 Å². The van der Waals surface area contributed by atoms with Crippen molar-refractivity contribution < 1.29 is 37.9 Å². The molecule has 0 aliphatic carbocycles. The van der Waals surface area contributed by atoms with Crippen molar-refractivity contribution in [1.82, 2.24) is 30.0 Å². The van der Waals surface area contributed by atoms with E-state index in [2.05, 4.69) is 20.6 Å². The van der Waals surface area contributed by atoms with Crippen LogP contribution in [0.5, 0.6) is 0 Å². The van der Waals surface area contributed by atoms with Crippen LogP contribution in [0.4, 0.5) is 0 Å². The Labute approximate surface area is 349 Å². The third-order valence-corrected chi connectivity index (χ3v) is 10.9. The van der Waals surface area contributed by atoms with Crippen molar-refractivity contribution in [3.63, 3.8) is 0 Å². The van der Waals surface area contributed by atoms with Crippen LogP contribution >= 0.6 is 0 Å². The lowest BCUT2D eigenvalue weighted by Crippen LogP contribution is -2.40. The van der Waals surface area contributed by atoms with E-state index in [0.717, 1.165) is 22.3 Å². The summed E-state index contributed by atoms with van der Waals surface area (Å²) in [7, 11) is 0. The largest absolute Gasteiger partial charge is 0.372 e. The molecule has 8 atom stereocenters. The van der Waals surface area contributed by atoms with Crippen LogP contribution < -0.4 is 0 Å². The second kappa shape index (κ2) is 19.9. The van der Waals surface area contributed by atoms with E-state index in [9.17, 15) is 0 Å². The number of nitrogens with zero attached hydrogens (tertiary/aromatic N) is 6. The van der Waals surface area contributed by atoms with Crippen LogP contribution in [0.2, 0.25) is 0 Å². The molecule has 8 bridgehead atoms. The number of fused-ring (bicyclic) bond motifs is 8. The van der Waals surface area contributed by atoms with Gasteiger partial charge in [-0.25, -0.2) is 9.36 Å². The minimum absolute atomic E-state index is 0.221. The second-order valence-electron chi connectivity index (χ2n) is 15.4. The molecule has 0 amide bonds. The number of hydrogen-bond donors (Lipinski definition) is 0. The lowest BCUT2D eigenvalue weighted by atomic mass is 10.1. The molecule has 2 saturated heterocycles. The van der Waals surface area contributed by atoms with Gasteiger partial charge in [-0.05, 0) is 22.3 Å². The van der Waals surface area contributed by atoms with Crippen molar-refractivity contribution in [3.8, 4) is 0 Å². The van der Waals surface area contributed by atoms with E-state index < -0.39 is 48.8 Å². The van der Waals surface area contributed by atoms with E-state index in [1.807, 2.05) is 134 Å². The average molecular weight is 815 g/mol. The third kappa shape index (κ3) is 10.4. The first-order valence-corrected chi connectivity index (χ1v) is 20.6. The number of hydrogen-bond acceptors (Lipinski definition) is 12. The molecule has 3 aliphatic rings. The molecule has 14 nitrogen and oxygen atoms in total. The van der Waals surface area contributed by atoms with E-state index in [-0.39, 0.29) is 26.4 Å². The third-order valence-electron chi connectivity index (χ3n) is 10.9. The summed E-state index contributed by atoms with van der Waals surface area (Å²) in [5.41, 5.74) is 5.55. The minimum atomic E-state index is -0.441. The van der Waals surface area contributed by atoms with Gasteiger partial charge in [0.25, 0.3) is 0 Å². The number of aromatic nitrogens is 6. The molecule has 3 aliphatic heterocycles. The Hall–Kier alpha value is -5.16. The maximum absolute atomic E-state index is 6.81. The molecule has 2 aromatic heterocycles. The molecular weight excluding hydrogens is 765 g/mol. The Morgan fingerprint density at radius 1 is 0.433 bits per heavy atom. The van der Waals surface area contributed by atoms with E-state index in [4.69, 9.17) is 37.9 Å². The summed E-state index contributed by atoms with van der Waals surface area (Å²) in [5, 5.41) is 17.9. The molecule has 0 unspecified atom stereocenters. The van der Waals surface area contributed by atoms with E-state index in [1.54, 1.807) is 9.36 Å². The van der Waals surface area contributed by atoms with Gasteiger partial charge in [0.2, 0.25) is 0 Å². The summed E-state index contributed by atoms with van der Waals surface area (Å²) in [6.07, 6.45) is 0.324. The molecule has 2 fully saturated rings. The summed E-state index contributed by atoms with van der Waals surface area (Å²) >= 11 is 0. The topological polar surface area (TPSA) is 135 Å². The highest BCUT2D eigenvalue weighted by atomic mass is 16.6. The summed E-state index contributed by atoms with van der Waals surface area (Å²) in [5.74, 6) is 0. The summed E-state index contributed by atoms with van der Waals surface area (Å²) in [6, 6.07) is 40.4. The Morgan fingerprint density at radius 2 is 0.750 bits per heavy atom. The van der Waals surface area contributed by atoms with Crippen LogP contribution in [0.15, 0.2) is 134 Å². The van der Waals surface area contributed by atoms with Crippen molar-refractivity contribution >= 4 is 0 Å². The van der Waals surface area contributed by atoms with Crippen molar-refractivity contribution in [1.29, 1.82) is 0 Å². The number of benzene rings is 4. The number of ether oxygens (including phenoxy) is 8. The van der Waals surface area contributed by atoms with Gasteiger partial charge in [0.05, 0.1) is 78.3 Å². The van der Waals surface area contributed by atoms with E-state index in [1.165, 1.54) is 0 Å². The molecule has 9 rings (SSSR count). The second-order valence-corrected chi connectivity index (χ2v) is 15.4. The van der Waals surface area contributed by atoms with Gasteiger partial charge >= 0.3 is 0 Å². The zero-order chi connectivity index (χ0) is 40.4. The maximum Gasteiger partial charge on any atom is 0.115 e. The van der Waals surface area contributed by atoms with Crippen molar-refractivity contribution in [2.75, 3.05) is 13.2 Å². The first-order chi connectivity index (χ1) is 29.7. The van der Waals surface area contributed by atoms with Crippen LogP contribution in [0.25, 0.3) is 0 Å². The van der Waals surface area contributed by atoms with Crippen LogP contribution in [-0.2, 0) is 90.6 Å². The van der Waals surface area contributed by atoms with Crippen LogP contribution in [0, 0.1) is 0 Å². The fourth-order valence-electron chi connectivity index (χ4n) is 7.96. The Kier molecular flexibility index (Phi) is 13.4. The van der Waals surface area contributed by atoms with Crippen LogP contribution in [0.1, 0.15) is 33.6 Å². The zero-order valence-corrected chi connectivity index (χ0v) is 33.3. The molecule has 60 heavy (non-hydrogen) atoms. The predicted octanol–water partition coefficient (Wildman–Crippen LogP) is 5.49. The van der Waals surface area contributed by atoms with Crippen LogP contribution in [0.3, 0.4) is 0 Å². The lowest BCUT2D eigenvalue weighted by molar-refractivity contribution is -0.0915. The zero-order valence-electron chi connectivity index (χ0n) is 33.3. The monoisotopic (exact) mass is 814 g/mol. The molecule has 0 spiro atoms. The SMILES string of the molecule is c1ccc(CO[C@@H]2[C@@H](OCc3ccccc3)[C@@H]3COCc4cn(nn4)C[C@@H]4O[C@@H](Cn5cc(nn5)COC[C@@H]2O3)[C@H](OCc2ccccc2)[C@H]4OCc2ccccc2)cc1. The van der Waals surface area contributed by atoms with Gasteiger partial charge in [-0.2, -0.15) is 0 Å². The fraction of sp³-hybridized carbons (Fsp3) is 0.391. The first kappa shape index (κ1) is 40.3. The molecule has 5 heterocycles. The van der Waals surface area contributed by atoms with Gasteiger partial charge < -0.3 is 37.9 Å². The van der Waals surface area contributed by atoms with E-state index in [0.29, 0.717) is 50.9 Å². The van der Waals surface area contributed by atoms with Gasteiger partial charge in [0.1, 0.15) is 60.2 Å². The molecule has 14 heteroatoms. The van der Waals surface area contributed by atoms with Crippen molar-refractivity contribution in [2.45, 2.75) is 102 Å². The fourth-order valence-corrected chi connectivity index (χ4v) is 7.96. The van der Waals surface area contributed by atoms with Gasteiger partial charge in [-0.15, -0.1) is 10.2 Å². The van der Waals surface area contributed by atoms with Crippen molar-refractivity contribution in [3.05, 3.63) is 167 Å². The quantitative estimate of drug-likeness (QED) is 0.155. The van der Waals surface area contributed by atoms with Crippen LogP contribution in [-0.4, -0.2) is 92.0 Å². The smallest absolute Gasteiger partial charge is 0.115 e. The van der Waals surface area contributed by atoms with Crippen molar-refractivity contribution in [2.24, 2.45) is 0 Å². The molecule has 4 aromatic carbocycles.